The van der Waals surface area contributed by atoms with Crippen molar-refractivity contribution in [3.05, 3.63) is 59.8 Å². The van der Waals surface area contributed by atoms with Gasteiger partial charge in [0, 0.05) is 30.4 Å². The molecule has 3 aliphatic rings. The van der Waals surface area contributed by atoms with E-state index in [2.05, 4.69) is 10.3 Å². The van der Waals surface area contributed by atoms with E-state index in [1.165, 1.54) is 19.3 Å². The summed E-state index contributed by atoms with van der Waals surface area (Å²) in [4.78, 5) is 33.0. The van der Waals surface area contributed by atoms with E-state index in [4.69, 9.17) is 4.74 Å². The van der Waals surface area contributed by atoms with Crippen LogP contribution in [0.15, 0.2) is 48.7 Å². The van der Waals surface area contributed by atoms with Crippen LogP contribution in [-0.2, 0) is 11.3 Å². The molecule has 1 saturated heterocycles. The van der Waals surface area contributed by atoms with Crippen molar-refractivity contribution in [2.75, 3.05) is 0 Å². The molecular weight excluding hydrogens is 414 g/mol. The van der Waals surface area contributed by atoms with Crippen LogP contribution >= 0.6 is 0 Å². The van der Waals surface area contributed by atoms with Gasteiger partial charge in [-0.25, -0.2) is 4.98 Å². The Kier molecular flexibility index (Phi) is 6.60. The molecule has 1 aromatic heterocycles. The van der Waals surface area contributed by atoms with Gasteiger partial charge in [-0.15, -0.1) is 0 Å². The van der Waals surface area contributed by atoms with Gasteiger partial charge >= 0.3 is 0 Å². The molecule has 2 aromatic rings. The van der Waals surface area contributed by atoms with Crippen LogP contribution in [0.3, 0.4) is 0 Å². The number of fused-ring (bicyclic) bond motifs is 1. The van der Waals surface area contributed by atoms with Gasteiger partial charge < -0.3 is 15.0 Å². The van der Waals surface area contributed by atoms with Crippen LogP contribution in [0.4, 0.5) is 0 Å². The Balaban J connectivity index is 1.27. The number of hydrogen-bond acceptors (Lipinski definition) is 4. The summed E-state index contributed by atoms with van der Waals surface area (Å²) in [7, 11) is 0. The molecule has 6 heteroatoms. The van der Waals surface area contributed by atoms with Crippen LogP contribution < -0.4 is 10.1 Å². The number of carbonyl (C=O) groups excluding carboxylic acids is 2. The van der Waals surface area contributed by atoms with Crippen LogP contribution in [-0.4, -0.2) is 39.9 Å². The molecule has 33 heavy (non-hydrogen) atoms. The molecule has 5 rings (SSSR count). The normalized spacial score (nSPS) is 25.0. The summed E-state index contributed by atoms with van der Waals surface area (Å²) < 4.78 is 6.01. The molecule has 1 N–H and O–H groups in total. The number of nitrogens with zero attached hydrogens (tertiary/aromatic N) is 2. The zero-order valence-electron chi connectivity index (χ0n) is 19.1. The number of pyridine rings is 1. The topological polar surface area (TPSA) is 71.5 Å². The quantitative estimate of drug-likeness (QED) is 0.708. The average Bonchev–Trinajstić information content (AvgIpc) is 3.51. The summed E-state index contributed by atoms with van der Waals surface area (Å²) >= 11 is 0. The van der Waals surface area contributed by atoms with E-state index >= 15 is 0 Å². The van der Waals surface area contributed by atoms with E-state index < -0.39 is 6.04 Å². The molecule has 3 atom stereocenters. The van der Waals surface area contributed by atoms with Gasteiger partial charge in [0.2, 0.25) is 11.8 Å². The zero-order chi connectivity index (χ0) is 22.6. The standard InChI is InChI=1S/C27H33N3O3/c31-26(29-18-19-14-15-28-25(16-19)33-22-11-5-6-12-22)24-17-21-10-4-7-13-23(21)30(24)27(32)20-8-2-1-3-9-20/h1-3,8-9,14-16,21-24H,4-7,10-13,17-18H2,(H,29,31). The predicted octanol–water partition coefficient (Wildman–Crippen LogP) is 4.49. The summed E-state index contributed by atoms with van der Waals surface area (Å²) in [6.07, 6.45) is 11.7. The van der Waals surface area contributed by atoms with Gasteiger partial charge in [-0.2, -0.15) is 0 Å². The first-order valence-electron chi connectivity index (χ1n) is 12.5. The highest BCUT2D eigenvalue weighted by molar-refractivity contribution is 5.98. The molecule has 3 fully saturated rings. The molecule has 3 unspecified atom stereocenters. The Morgan fingerprint density at radius 2 is 1.76 bits per heavy atom. The number of likely N-dealkylation sites (tertiary alicyclic amines) is 1. The minimum Gasteiger partial charge on any atom is -0.474 e. The maximum absolute atomic E-state index is 13.4. The lowest BCUT2D eigenvalue weighted by atomic mass is 9.84. The highest BCUT2D eigenvalue weighted by Gasteiger charge is 2.47. The first-order chi connectivity index (χ1) is 16.2. The van der Waals surface area contributed by atoms with E-state index in [-0.39, 0.29) is 24.0 Å². The average molecular weight is 448 g/mol. The lowest BCUT2D eigenvalue weighted by Crippen LogP contribution is -2.49. The second-order valence-corrected chi connectivity index (χ2v) is 9.69. The van der Waals surface area contributed by atoms with Gasteiger partial charge in [0.05, 0.1) is 0 Å². The van der Waals surface area contributed by atoms with Crippen LogP contribution in [0.2, 0.25) is 0 Å². The lowest BCUT2D eigenvalue weighted by Gasteiger charge is -2.33. The third-order valence-electron chi connectivity index (χ3n) is 7.50. The van der Waals surface area contributed by atoms with Crippen molar-refractivity contribution in [2.45, 2.75) is 82.5 Å². The van der Waals surface area contributed by atoms with E-state index in [9.17, 15) is 9.59 Å². The second kappa shape index (κ2) is 9.94. The van der Waals surface area contributed by atoms with E-state index in [1.54, 1.807) is 6.20 Å². The van der Waals surface area contributed by atoms with Crippen LogP contribution in [0.1, 0.15) is 73.7 Å². The maximum atomic E-state index is 13.4. The summed E-state index contributed by atoms with van der Waals surface area (Å²) in [5, 5.41) is 3.09. The highest BCUT2D eigenvalue weighted by Crippen LogP contribution is 2.40. The van der Waals surface area contributed by atoms with Gasteiger partial charge in [-0.05, 0) is 74.6 Å². The van der Waals surface area contributed by atoms with Crippen LogP contribution in [0.25, 0.3) is 0 Å². The number of nitrogens with one attached hydrogen (secondary N) is 1. The Labute approximate surface area is 195 Å². The Hall–Kier alpha value is -2.89. The lowest BCUT2D eigenvalue weighted by molar-refractivity contribution is -0.125. The van der Waals surface area contributed by atoms with Crippen molar-refractivity contribution >= 4 is 11.8 Å². The monoisotopic (exact) mass is 447 g/mol. The third-order valence-corrected chi connectivity index (χ3v) is 7.50. The molecule has 1 aromatic carbocycles. The molecule has 2 saturated carbocycles. The second-order valence-electron chi connectivity index (χ2n) is 9.69. The Morgan fingerprint density at radius 3 is 2.58 bits per heavy atom. The summed E-state index contributed by atoms with van der Waals surface area (Å²) in [5.74, 6) is 0.945. The van der Waals surface area contributed by atoms with Crippen LogP contribution in [0, 0.1) is 5.92 Å². The number of ether oxygens (including phenoxy) is 1. The fourth-order valence-corrected chi connectivity index (χ4v) is 5.82. The van der Waals surface area contributed by atoms with E-state index in [0.717, 1.165) is 44.1 Å². The smallest absolute Gasteiger partial charge is 0.254 e. The fraction of sp³-hybridized carbons (Fsp3) is 0.519. The van der Waals surface area contributed by atoms with Gasteiger partial charge in [-0.3, -0.25) is 9.59 Å². The number of benzene rings is 1. The summed E-state index contributed by atoms with van der Waals surface area (Å²) in [6, 6.07) is 12.9. The number of carbonyl (C=O) groups is 2. The zero-order valence-corrected chi connectivity index (χ0v) is 19.1. The van der Waals surface area contributed by atoms with Gasteiger partial charge in [-0.1, -0.05) is 31.0 Å². The van der Waals surface area contributed by atoms with Gasteiger partial charge in [0.1, 0.15) is 12.1 Å². The molecule has 1 aliphatic heterocycles. The van der Waals surface area contributed by atoms with Gasteiger partial charge in [0.25, 0.3) is 5.91 Å². The minimum atomic E-state index is -0.415. The highest BCUT2D eigenvalue weighted by atomic mass is 16.5. The molecule has 0 radical (unpaired) electrons. The van der Waals surface area contributed by atoms with Gasteiger partial charge in [0.15, 0.2) is 0 Å². The first kappa shape index (κ1) is 21.9. The Bertz CT molecular complexity index is 974. The predicted molar refractivity (Wildman–Crippen MR) is 126 cm³/mol. The molecule has 2 amide bonds. The number of rotatable bonds is 6. The van der Waals surface area contributed by atoms with E-state index in [1.807, 2.05) is 47.4 Å². The maximum Gasteiger partial charge on any atom is 0.254 e. The minimum absolute atomic E-state index is 0.0266. The molecule has 2 heterocycles. The SMILES string of the molecule is O=C(NCc1ccnc(OC2CCCC2)c1)C1CC2CCCCC2N1C(=O)c1ccccc1. The van der Waals surface area contributed by atoms with Crippen molar-refractivity contribution in [3.63, 3.8) is 0 Å². The fourth-order valence-electron chi connectivity index (χ4n) is 5.82. The molecular formula is C27H33N3O3. The number of aromatic nitrogens is 1. The first-order valence-corrected chi connectivity index (χ1v) is 12.5. The van der Waals surface area contributed by atoms with Crippen molar-refractivity contribution in [3.8, 4) is 5.88 Å². The summed E-state index contributed by atoms with van der Waals surface area (Å²) in [5.41, 5.74) is 1.62. The molecule has 0 bridgehead atoms. The molecule has 174 valence electrons. The van der Waals surface area contributed by atoms with Crippen molar-refractivity contribution < 1.29 is 14.3 Å². The molecule has 0 spiro atoms. The van der Waals surface area contributed by atoms with E-state index in [0.29, 0.717) is 23.9 Å². The van der Waals surface area contributed by atoms with Crippen molar-refractivity contribution in [1.82, 2.24) is 15.2 Å². The Morgan fingerprint density at radius 1 is 1.00 bits per heavy atom. The number of hydrogen-bond donors (Lipinski definition) is 1. The van der Waals surface area contributed by atoms with Crippen molar-refractivity contribution in [1.29, 1.82) is 0 Å². The van der Waals surface area contributed by atoms with Crippen LogP contribution in [0.5, 0.6) is 5.88 Å². The third kappa shape index (κ3) is 4.90. The number of amides is 2. The molecule has 6 nitrogen and oxygen atoms in total. The molecule has 2 aliphatic carbocycles. The summed E-state index contributed by atoms with van der Waals surface area (Å²) in [6.45, 7) is 0.404. The van der Waals surface area contributed by atoms with Crippen molar-refractivity contribution in [2.24, 2.45) is 5.92 Å². The largest absolute Gasteiger partial charge is 0.474 e.